The third kappa shape index (κ3) is 3.80. The predicted molar refractivity (Wildman–Crippen MR) is 121 cm³/mol. The van der Waals surface area contributed by atoms with Crippen LogP contribution in [0.4, 0.5) is 5.69 Å². The highest BCUT2D eigenvalue weighted by atomic mass is 16.3. The van der Waals surface area contributed by atoms with Crippen molar-refractivity contribution >= 4 is 22.5 Å². The summed E-state index contributed by atoms with van der Waals surface area (Å²) in [7, 11) is 0. The second-order valence-corrected chi connectivity index (χ2v) is 7.61. The maximum atomic E-state index is 13.5. The van der Waals surface area contributed by atoms with Crippen LogP contribution in [0.1, 0.15) is 10.4 Å². The highest BCUT2D eigenvalue weighted by Gasteiger charge is 2.24. The molecule has 0 saturated carbocycles. The molecule has 6 nitrogen and oxygen atoms in total. The number of phenols is 1. The Hall–Kier alpha value is -3.93. The van der Waals surface area contributed by atoms with Crippen LogP contribution in [0.3, 0.4) is 0 Å². The van der Waals surface area contributed by atoms with E-state index in [2.05, 4.69) is 9.88 Å². The SMILES string of the molecule is O=C(c1cc(-c2ccncc2)nc2ccccc12)N1CCN(c2cccc(O)c2)CC1. The van der Waals surface area contributed by atoms with Gasteiger partial charge in [-0.3, -0.25) is 9.78 Å². The predicted octanol–water partition coefficient (Wildman–Crippen LogP) is 3.96. The van der Waals surface area contributed by atoms with E-state index in [0.717, 1.165) is 40.9 Å². The van der Waals surface area contributed by atoms with Crippen LogP contribution in [-0.4, -0.2) is 52.1 Å². The summed E-state index contributed by atoms with van der Waals surface area (Å²) in [4.78, 5) is 26.5. The number of nitrogens with zero attached hydrogens (tertiary/aromatic N) is 4. The number of anilines is 1. The van der Waals surface area contributed by atoms with Crippen molar-refractivity contribution in [1.82, 2.24) is 14.9 Å². The molecule has 31 heavy (non-hydrogen) atoms. The van der Waals surface area contributed by atoms with Crippen molar-refractivity contribution in [3.05, 3.63) is 84.7 Å². The molecule has 0 spiro atoms. The van der Waals surface area contributed by atoms with Crippen LogP contribution >= 0.6 is 0 Å². The fourth-order valence-electron chi connectivity index (χ4n) is 4.05. The first kappa shape index (κ1) is 19.1. The summed E-state index contributed by atoms with van der Waals surface area (Å²) in [5, 5.41) is 10.6. The van der Waals surface area contributed by atoms with E-state index in [1.807, 2.05) is 59.5 Å². The maximum Gasteiger partial charge on any atom is 0.254 e. The molecule has 0 radical (unpaired) electrons. The van der Waals surface area contributed by atoms with Gasteiger partial charge in [-0.2, -0.15) is 0 Å². The summed E-state index contributed by atoms with van der Waals surface area (Å²) in [6.45, 7) is 2.68. The molecule has 5 rings (SSSR count). The average molecular weight is 410 g/mol. The van der Waals surface area contributed by atoms with Gasteiger partial charge in [0.05, 0.1) is 16.8 Å². The monoisotopic (exact) mass is 410 g/mol. The molecule has 6 heteroatoms. The quantitative estimate of drug-likeness (QED) is 0.554. The van der Waals surface area contributed by atoms with E-state index >= 15 is 0 Å². The maximum absolute atomic E-state index is 13.5. The van der Waals surface area contributed by atoms with Crippen LogP contribution in [0.5, 0.6) is 5.75 Å². The minimum Gasteiger partial charge on any atom is -0.508 e. The van der Waals surface area contributed by atoms with E-state index in [4.69, 9.17) is 4.98 Å². The van der Waals surface area contributed by atoms with Crippen LogP contribution in [0, 0.1) is 0 Å². The molecular weight excluding hydrogens is 388 g/mol. The van der Waals surface area contributed by atoms with Crippen molar-refractivity contribution in [2.75, 3.05) is 31.1 Å². The van der Waals surface area contributed by atoms with Crippen LogP contribution in [0.15, 0.2) is 79.1 Å². The summed E-state index contributed by atoms with van der Waals surface area (Å²) >= 11 is 0. The number of aromatic nitrogens is 2. The average Bonchev–Trinajstić information content (AvgIpc) is 2.83. The largest absolute Gasteiger partial charge is 0.508 e. The topological polar surface area (TPSA) is 69.6 Å². The van der Waals surface area contributed by atoms with Crippen molar-refractivity contribution < 1.29 is 9.90 Å². The fraction of sp³-hybridized carbons (Fsp3) is 0.160. The van der Waals surface area contributed by atoms with Crippen LogP contribution in [0.25, 0.3) is 22.2 Å². The van der Waals surface area contributed by atoms with Crippen molar-refractivity contribution in [2.45, 2.75) is 0 Å². The van der Waals surface area contributed by atoms with E-state index in [1.54, 1.807) is 24.5 Å². The van der Waals surface area contributed by atoms with Gasteiger partial charge in [-0.1, -0.05) is 24.3 Å². The number of carbonyl (C=O) groups is 1. The number of pyridine rings is 2. The number of benzene rings is 2. The fourth-order valence-corrected chi connectivity index (χ4v) is 4.05. The molecule has 1 fully saturated rings. The lowest BCUT2D eigenvalue weighted by Crippen LogP contribution is -2.48. The second-order valence-electron chi connectivity index (χ2n) is 7.61. The van der Waals surface area contributed by atoms with Gasteiger partial charge in [0.25, 0.3) is 5.91 Å². The van der Waals surface area contributed by atoms with Crippen molar-refractivity contribution in [1.29, 1.82) is 0 Å². The molecule has 0 atom stereocenters. The molecule has 2 aromatic carbocycles. The smallest absolute Gasteiger partial charge is 0.254 e. The highest BCUT2D eigenvalue weighted by Crippen LogP contribution is 2.27. The summed E-state index contributed by atoms with van der Waals surface area (Å²) in [6, 6.07) is 20.7. The van der Waals surface area contributed by atoms with Gasteiger partial charge in [-0.15, -0.1) is 0 Å². The zero-order valence-corrected chi connectivity index (χ0v) is 17.0. The standard InChI is InChI=1S/C25H22N4O2/c30-20-5-3-4-19(16-20)28-12-14-29(15-13-28)25(31)22-17-24(18-8-10-26-11-9-18)27-23-7-2-1-6-21(22)23/h1-11,16-17,30H,12-15H2. The molecular formula is C25H22N4O2. The number of rotatable bonds is 3. The normalized spacial score (nSPS) is 14.1. The number of para-hydroxylation sites is 1. The minimum atomic E-state index is 0.0180. The lowest BCUT2D eigenvalue weighted by Gasteiger charge is -2.36. The molecule has 1 aliphatic rings. The van der Waals surface area contributed by atoms with E-state index in [0.29, 0.717) is 18.7 Å². The Balaban J connectivity index is 1.43. The summed E-state index contributed by atoms with van der Waals surface area (Å²) < 4.78 is 0. The van der Waals surface area contributed by atoms with Gasteiger partial charge in [0.2, 0.25) is 0 Å². The van der Waals surface area contributed by atoms with E-state index < -0.39 is 0 Å². The summed E-state index contributed by atoms with van der Waals surface area (Å²) in [5.74, 6) is 0.271. The second kappa shape index (κ2) is 8.07. The van der Waals surface area contributed by atoms with Gasteiger partial charge in [0, 0.05) is 61.3 Å². The zero-order chi connectivity index (χ0) is 21.2. The Morgan fingerprint density at radius 3 is 2.42 bits per heavy atom. The van der Waals surface area contributed by atoms with Crippen LogP contribution < -0.4 is 4.90 Å². The molecule has 4 aromatic rings. The summed E-state index contributed by atoms with van der Waals surface area (Å²) in [6.07, 6.45) is 3.46. The van der Waals surface area contributed by atoms with E-state index in [-0.39, 0.29) is 11.7 Å². The molecule has 3 heterocycles. The number of aromatic hydroxyl groups is 1. The zero-order valence-electron chi connectivity index (χ0n) is 17.0. The molecule has 0 aliphatic carbocycles. The molecule has 1 amide bonds. The Morgan fingerprint density at radius 1 is 0.871 bits per heavy atom. The van der Waals surface area contributed by atoms with Crippen molar-refractivity contribution in [3.8, 4) is 17.0 Å². The molecule has 0 unspecified atom stereocenters. The number of hydrogen-bond acceptors (Lipinski definition) is 5. The van der Waals surface area contributed by atoms with Gasteiger partial charge in [-0.05, 0) is 36.4 Å². The lowest BCUT2D eigenvalue weighted by molar-refractivity contribution is 0.0748. The Kier molecular flexibility index (Phi) is 4.96. The molecule has 1 N–H and O–H groups in total. The number of fused-ring (bicyclic) bond motifs is 1. The van der Waals surface area contributed by atoms with Gasteiger partial charge in [0.1, 0.15) is 5.75 Å². The first-order chi connectivity index (χ1) is 15.2. The van der Waals surface area contributed by atoms with Crippen LogP contribution in [0.2, 0.25) is 0 Å². The van der Waals surface area contributed by atoms with Crippen molar-refractivity contribution in [2.24, 2.45) is 0 Å². The number of phenolic OH excluding ortho intramolecular Hbond substituents is 1. The van der Waals surface area contributed by atoms with E-state index in [9.17, 15) is 9.90 Å². The first-order valence-electron chi connectivity index (χ1n) is 10.3. The Bertz CT molecular complexity index is 1230. The number of carbonyl (C=O) groups excluding carboxylic acids is 1. The highest BCUT2D eigenvalue weighted by molar-refractivity contribution is 6.07. The van der Waals surface area contributed by atoms with E-state index in [1.165, 1.54) is 0 Å². The van der Waals surface area contributed by atoms with Crippen LogP contribution in [-0.2, 0) is 0 Å². The molecule has 1 aliphatic heterocycles. The molecule has 0 bridgehead atoms. The van der Waals surface area contributed by atoms with Gasteiger partial charge >= 0.3 is 0 Å². The lowest BCUT2D eigenvalue weighted by atomic mass is 10.0. The minimum absolute atomic E-state index is 0.0180. The molecule has 1 saturated heterocycles. The van der Waals surface area contributed by atoms with Gasteiger partial charge in [0.15, 0.2) is 0 Å². The molecule has 154 valence electrons. The number of hydrogen-bond donors (Lipinski definition) is 1. The number of amides is 1. The summed E-state index contributed by atoms with van der Waals surface area (Å²) in [5.41, 5.74) is 4.15. The third-order valence-corrected chi connectivity index (χ3v) is 5.68. The van der Waals surface area contributed by atoms with Gasteiger partial charge in [-0.25, -0.2) is 4.98 Å². The van der Waals surface area contributed by atoms with Gasteiger partial charge < -0.3 is 14.9 Å². The first-order valence-corrected chi connectivity index (χ1v) is 10.3. The Morgan fingerprint density at radius 2 is 1.65 bits per heavy atom. The number of piperazine rings is 1. The molecule has 2 aromatic heterocycles. The Labute approximate surface area is 180 Å². The van der Waals surface area contributed by atoms with Crippen molar-refractivity contribution in [3.63, 3.8) is 0 Å². The third-order valence-electron chi connectivity index (χ3n) is 5.68.